The number of rotatable bonds is 5. The fraction of sp³-hybridized carbons (Fsp3) is 0.353. The van der Waals surface area contributed by atoms with Crippen molar-refractivity contribution in [2.24, 2.45) is 0 Å². The van der Waals surface area contributed by atoms with Crippen molar-refractivity contribution in [2.75, 3.05) is 0 Å². The van der Waals surface area contributed by atoms with Crippen LogP contribution in [0.1, 0.15) is 48.7 Å². The van der Waals surface area contributed by atoms with E-state index in [0.29, 0.717) is 16.5 Å². The summed E-state index contributed by atoms with van der Waals surface area (Å²) in [5.41, 5.74) is 1.42. The molecule has 120 valence electrons. The molecule has 1 heterocycles. The van der Waals surface area contributed by atoms with E-state index in [-0.39, 0.29) is 23.5 Å². The number of ether oxygens (including phenoxy) is 1. The maximum absolute atomic E-state index is 11.7. The molecule has 1 fully saturated rings. The molecule has 0 unspecified atom stereocenters. The summed E-state index contributed by atoms with van der Waals surface area (Å²) in [6.07, 6.45) is 1.71. The van der Waals surface area contributed by atoms with Crippen LogP contribution in [-0.2, 0) is 0 Å². The first-order valence-corrected chi connectivity index (χ1v) is 7.91. The fourth-order valence-electron chi connectivity index (χ4n) is 2.35. The van der Waals surface area contributed by atoms with Gasteiger partial charge < -0.3 is 9.84 Å². The van der Waals surface area contributed by atoms with Gasteiger partial charge in [0.1, 0.15) is 5.56 Å². The Kier molecular flexibility index (Phi) is 4.22. The molecule has 0 amide bonds. The summed E-state index contributed by atoms with van der Waals surface area (Å²) in [7, 11) is 0. The lowest BCUT2D eigenvalue weighted by Gasteiger charge is -2.15. The molecule has 6 heteroatoms. The Morgan fingerprint density at radius 2 is 1.91 bits per heavy atom. The van der Waals surface area contributed by atoms with Gasteiger partial charge in [0.15, 0.2) is 5.82 Å². The standard InChI is InChI=1S/C17H17ClN2O3/c1-9(2)23-16-13(17(21)22)14(10-3-4-10)19-15(20-16)11-5-7-12(18)8-6-11/h5-10H,3-4H2,1-2H3,(H,21,22). The van der Waals surface area contributed by atoms with Crippen molar-refractivity contribution in [3.8, 4) is 17.3 Å². The van der Waals surface area contributed by atoms with Crippen molar-refractivity contribution in [1.82, 2.24) is 9.97 Å². The van der Waals surface area contributed by atoms with Crippen LogP contribution in [0.3, 0.4) is 0 Å². The summed E-state index contributed by atoms with van der Waals surface area (Å²) < 4.78 is 5.65. The van der Waals surface area contributed by atoms with Gasteiger partial charge in [-0.1, -0.05) is 11.6 Å². The smallest absolute Gasteiger partial charge is 0.343 e. The molecule has 0 spiro atoms. The van der Waals surface area contributed by atoms with Gasteiger partial charge in [-0.05, 0) is 51.0 Å². The van der Waals surface area contributed by atoms with E-state index in [1.54, 1.807) is 12.1 Å². The van der Waals surface area contributed by atoms with Gasteiger partial charge in [0.25, 0.3) is 0 Å². The van der Waals surface area contributed by atoms with Crippen LogP contribution in [0.2, 0.25) is 5.02 Å². The van der Waals surface area contributed by atoms with Crippen molar-refractivity contribution in [2.45, 2.75) is 38.7 Å². The summed E-state index contributed by atoms with van der Waals surface area (Å²) in [6.45, 7) is 3.68. The highest BCUT2D eigenvalue weighted by Gasteiger charge is 2.33. The fourth-order valence-corrected chi connectivity index (χ4v) is 2.47. The van der Waals surface area contributed by atoms with Crippen LogP contribution in [0.5, 0.6) is 5.88 Å². The number of hydrogen-bond donors (Lipinski definition) is 1. The van der Waals surface area contributed by atoms with Gasteiger partial charge in [0.2, 0.25) is 5.88 Å². The number of aromatic carboxylic acids is 1. The highest BCUT2D eigenvalue weighted by atomic mass is 35.5. The van der Waals surface area contributed by atoms with Gasteiger partial charge in [-0.2, -0.15) is 4.98 Å². The van der Waals surface area contributed by atoms with Crippen LogP contribution in [-0.4, -0.2) is 27.1 Å². The Morgan fingerprint density at radius 3 is 2.43 bits per heavy atom. The maximum atomic E-state index is 11.7. The number of benzene rings is 1. The lowest BCUT2D eigenvalue weighted by molar-refractivity contribution is 0.0687. The minimum atomic E-state index is -1.05. The molecule has 0 atom stereocenters. The topological polar surface area (TPSA) is 72.3 Å². The molecular weight excluding hydrogens is 316 g/mol. The summed E-state index contributed by atoms with van der Waals surface area (Å²) in [4.78, 5) is 20.5. The van der Waals surface area contributed by atoms with Crippen LogP contribution in [0.4, 0.5) is 0 Å². The molecule has 1 aromatic heterocycles. The van der Waals surface area contributed by atoms with E-state index in [2.05, 4.69) is 9.97 Å². The van der Waals surface area contributed by atoms with E-state index < -0.39 is 5.97 Å². The van der Waals surface area contributed by atoms with Crippen molar-refractivity contribution in [3.63, 3.8) is 0 Å². The van der Waals surface area contributed by atoms with Gasteiger partial charge in [0, 0.05) is 16.5 Å². The zero-order valence-corrected chi connectivity index (χ0v) is 13.7. The minimum Gasteiger partial charge on any atom is -0.477 e. The van der Waals surface area contributed by atoms with Crippen molar-refractivity contribution >= 4 is 17.6 Å². The van der Waals surface area contributed by atoms with Crippen LogP contribution in [0.15, 0.2) is 24.3 Å². The van der Waals surface area contributed by atoms with Gasteiger partial charge in [0.05, 0.1) is 11.8 Å². The number of carboxylic acid groups (broad SMARTS) is 1. The van der Waals surface area contributed by atoms with E-state index in [0.717, 1.165) is 18.4 Å². The number of carbonyl (C=O) groups is 1. The van der Waals surface area contributed by atoms with E-state index >= 15 is 0 Å². The summed E-state index contributed by atoms with van der Waals surface area (Å²) in [5, 5.41) is 10.2. The summed E-state index contributed by atoms with van der Waals surface area (Å²) in [6, 6.07) is 7.14. The summed E-state index contributed by atoms with van der Waals surface area (Å²) >= 11 is 5.91. The number of carboxylic acids is 1. The first-order valence-electron chi connectivity index (χ1n) is 7.53. The van der Waals surface area contributed by atoms with E-state index in [1.807, 2.05) is 26.0 Å². The molecule has 3 rings (SSSR count). The lowest BCUT2D eigenvalue weighted by Crippen LogP contribution is -2.15. The normalized spacial score (nSPS) is 14.1. The third-order valence-electron chi connectivity index (χ3n) is 3.53. The lowest BCUT2D eigenvalue weighted by atomic mass is 10.1. The van der Waals surface area contributed by atoms with Crippen LogP contribution < -0.4 is 4.74 Å². The number of aromatic nitrogens is 2. The average Bonchev–Trinajstić information content (AvgIpc) is 3.30. The molecule has 23 heavy (non-hydrogen) atoms. The maximum Gasteiger partial charge on any atom is 0.343 e. The number of nitrogens with zero attached hydrogens (tertiary/aromatic N) is 2. The Labute approximate surface area is 139 Å². The molecule has 1 aromatic carbocycles. The second kappa shape index (κ2) is 6.16. The molecule has 1 aliphatic rings. The Balaban J connectivity index is 2.15. The molecule has 0 aliphatic heterocycles. The molecule has 1 N–H and O–H groups in total. The first kappa shape index (κ1) is 15.7. The molecule has 1 aliphatic carbocycles. The van der Waals surface area contributed by atoms with Gasteiger partial charge >= 0.3 is 5.97 Å². The SMILES string of the molecule is CC(C)Oc1nc(-c2ccc(Cl)cc2)nc(C2CC2)c1C(=O)O. The first-order chi connectivity index (χ1) is 11.0. The minimum absolute atomic E-state index is 0.0823. The Hall–Kier alpha value is -2.14. The van der Waals surface area contributed by atoms with Gasteiger partial charge in [-0.25, -0.2) is 9.78 Å². The van der Waals surface area contributed by atoms with Gasteiger partial charge in [-0.3, -0.25) is 0 Å². The quantitative estimate of drug-likeness (QED) is 0.890. The van der Waals surface area contributed by atoms with Crippen LogP contribution in [0, 0.1) is 0 Å². The predicted molar refractivity (Wildman–Crippen MR) is 87.2 cm³/mol. The number of hydrogen-bond acceptors (Lipinski definition) is 4. The van der Waals surface area contributed by atoms with E-state index in [9.17, 15) is 9.90 Å². The largest absolute Gasteiger partial charge is 0.477 e. The second-order valence-corrected chi connectivity index (χ2v) is 6.30. The molecule has 5 nitrogen and oxygen atoms in total. The average molecular weight is 333 g/mol. The third-order valence-corrected chi connectivity index (χ3v) is 3.78. The Bertz CT molecular complexity index is 740. The van der Waals surface area contributed by atoms with Crippen molar-refractivity contribution in [3.05, 3.63) is 40.5 Å². The highest BCUT2D eigenvalue weighted by molar-refractivity contribution is 6.30. The highest BCUT2D eigenvalue weighted by Crippen LogP contribution is 2.43. The van der Waals surface area contributed by atoms with E-state index in [1.165, 1.54) is 0 Å². The zero-order chi connectivity index (χ0) is 16.6. The Morgan fingerprint density at radius 1 is 1.26 bits per heavy atom. The third kappa shape index (κ3) is 3.45. The molecule has 0 radical (unpaired) electrons. The molecule has 1 saturated carbocycles. The van der Waals surface area contributed by atoms with Crippen LogP contribution in [0.25, 0.3) is 11.4 Å². The molecule has 0 bridgehead atoms. The van der Waals surface area contributed by atoms with Crippen molar-refractivity contribution < 1.29 is 14.6 Å². The summed E-state index contributed by atoms with van der Waals surface area (Å²) in [5.74, 6) is -0.284. The monoisotopic (exact) mass is 332 g/mol. The number of halogens is 1. The van der Waals surface area contributed by atoms with E-state index in [4.69, 9.17) is 16.3 Å². The molecular formula is C17H17ClN2O3. The molecule has 2 aromatic rings. The van der Waals surface area contributed by atoms with Gasteiger partial charge in [-0.15, -0.1) is 0 Å². The van der Waals surface area contributed by atoms with Crippen molar-refractivity contribution in [1.29, 1.82) is 0 Å². The zero-order valence-electron chi connectivity index (χ0n) is 12.9. The van der Waals surface area contributed by atoms with Crippen LogP contribution >= 0.6 is 11.6 Å². The molecule has 0 saturated heterocycles. The second-order valence-electron chi connectivity index (χ2n) is 5.87. The predicted octanol–water partition coefficient (Wildman–Crippen LogP) is 4.16.